The van der Waals surface area contributed by atoms with Crippen LogP contribution in [-0.2, 0) is 17.8 Å². The molecule has 2 aromatic carbocycles. The van der Waals surface area contributed by atoms with E-state index in [1.165, 1.54) is 11.6 Å². The molecule has 0 unspecified atom stereocenters. The lowest BCUT2D eigenvalue weighted by Crippen LogP contribution is -2.24. The van der Waals surface area contributed by atoms with Crippen LogP contribution in [0.15, 0.2) is 48.5 Å². The Hall–Kier alpha value is -2.36. The smallest absolute Gasteiger partial charge is 0.223 e. The molecule has 2 aromatic rings. The number of carbonyl (C=O) groups is 1. The van der Waals surface area contributed by atoms with Crippen LogP contribution in [0.2, 0.25) is 0 Å². The number of nitrogens with one attached hydrogen (secondary N) is 1. The van der Waals surface area contributed by atoms with Gasteiger partial charge in [-0.2, -0.15) is 0 Å². The fraction of sp³-hybridized carbons (Fsp3) is 0.278. The molecular formula is C18H20FNO2. The summed E-state index contributed by atoms with van der Waals surface area (Å²) in [5.74, 6) is 0.280. The Labute approximate surface area is 130 Å². The highest BCUT2D eigenvalue weighted by Gasteiger charge is 2.05. The predicted molar refractivity (Wildman–Crippen MR) is 84.2 cm³/mol. The van der Waals surface area contributed by atoms with Crippen LogP contribution in [-0.4, -0.2) is 12.5 Å². The third-order valence-electron chi connectivity index (χ3n) is 3.36. The highest BCUT2D eigenvalue weighted by molar-refractivity contribution is 5.76. The first-order valence-electron chi connectivity index (χ1n) is 7.41. The van der Waals surface area contributed by atoms with E-state index in [1.807, 2.05) is 24.3 Å². The van der Waals surface area contributed by atoms with Crippen molar-refractivity contribution in [1.29, 1.82) is 0 Å². The fourth-order valence-electron chi connectivity index (χ4n) is 2.01. The predicted octanol–water partition coefficient (Wildman–Crippen LogP) is 3.47. The molecule has 0 aliphatic heterocycles. The number of ether oxygens (including phenoxy) is 1. The number of carbonyl (C=O) groups excluding carboxylic acids is 1. The molecule has 0 atom stereocenters. The Balaban J connectivity index is 1.70. The molecule has 4 heteroatoms. The zero-order chi connectivity index (χ0) is 15.8. The van der Waals surface area contributed by atoms with Gasteiger partial charge in [-0.3, -0.25) is 4.79 Å². The van der Waals surface area contributed by atoms with Gasteiger partial charge in [0.25, 0.3) is 0 Å². The first-order valence-corrected chi connectivity index (χ1v) is 7.41. The van der Waals surface area contributed by atoms with Crippen molar-refractivity contribution in [2.45, 2.75) is 26.3 Å². The molecule has 0 fully saturated rings. The molecule has 1 amide bonds. The van der Waals surface area contributed by atoms with Crippen molar-refractivity contribution in [3.8, 4) is 5.75 Å². The average Bonchev–Trinajstić information content (AvgIpc) is 2.55. The molecule has 0 aromatic heterocycles. The van der Waals surface area contributed by atoms with Gasteiger partial charge in [0.15, 0.2) is 0 Å². The Morgan fingerprint density at radius 2 is 1.86 bits per heavy atom. The van der Waals surface area contributed by atoms with Gasteiger partial charge >= 0.3 is 0 Å². The molecule has 0 spiro atoms. The van der Waals surface area contributed by atoms with E-state index in [0.717, 1.165) is 12.2 Å². The van der Waals surface area contributed by atoms with Crippen LogP contribution in [0, 0.1) is 5.82 Å². The van der Waals surface area contributed by atoms with Crippen LogP contribution in [0.5, 0.6) is 5.75 Å². The quantitative estimate of drug-likeness (QED) is 0.850. The second-order valence-corrected chi connectivity index (χ2v) is 4.96. The molecule has 0 bridgehead atoms. The number of halogens is 1. The molecule has 0 heterocycles. The van der Waals surface area contributed by atoms with Crippen LogP contribution in [0.3, 0.4) is 0 Å². The fourth-order valence-corrected chi connectivity index (χ4v) is 2.01. The van der Waals surface area contributed by atoms with Crippen molar-refractivity contribution >= 4 is 5.91 Å². The summed E-state index contributed by atoms with van der Waals surface area (Å²) in [5, 5.41) is 2.69. The molecule has 2 rings (SSSR count). The van der Waals surface area contributed by atoms with Gasteiger partial charge in [0.2, 0.25) is 5.91 Å². The number of rotatable bonds is 7. The number of benzene rings is 2. The van der Waals surface area contributed by atoms with E-state index in [0.29, 0.717) is 12.2 Å². The zero-order valence-electron chi connectivity index (χ0n) is 12.6. The van der Waals surface area contributed by atoms with Crippen molar-refractivity contribution in [3.63, 3.8) is 0 Å². The van der Waals surface area contributed by atoms with E-state index < -0.39 is 0 Å². The Morgan fingerprint density at radius 1 is 1.14 bits per heavy atom. The lowest BCUT2D eigenvalue weighted by atomic mass is 10.2. The summed E-state index contributed by atoms with van der Waals surface area (Å²) < 4.78 is 18.9. The monoisotopic (exact) mass is 301 g/mol. The summed E-state index contributed by atoms with van der Waals surface area (Å²) in [6.45, 7) is 2.58. The first-order chi connectivity index (χ1) is 10.7. The van der Waals surface area contributed by atoms with E-state index in [2.05, 4.69) is 12.2 Å². The second-order valence-electron chi connectivity index (χ2n) is 4.96. The van der Waals surface area contributed by atoms with Gasteiger partial charge in [0.05, 0.1) is 13.0 Å². The minimum atomic E-state index is -0.310. The zero-order valence-corrected chi connectivity index (χ0v) is 12.6. The SMILES string of the molecule is CCc1ccc(OCCC(=O)NCc2ccccc2F)cc1. The molecular weight excluding hydrogens is 281 g/mol. The third kappa shape index (κ3) is 4.88. The Kier molecular flexibility index (Phi) is 5.95. The van der Waals surface area contributed by atoms with Gasteiger partial charge < -0.3 is 10.1 Å². The van der Waals surface area contributed by atoms with Crippen LogP contribution in [0.1, 0.15) is 24.5 Å². The molecule has 0 radical (unpaired) electrons. The van der Waals surface area contributed by atoms with E-state index in [1.54, 1.807) is 18.2 Å². The largest absolute Gasteiger partial charge is 0.493 e. The molecule has 1 N–H and O–H groups in total. The van der Waals surface area contributed by atoms with Crippen molar-refractivity contribution in [2.75, 3.05) is 6.61 Å². The van der Waals surface area contributed by atoms with Crippen molar-refractivity contribution < 1.29 is 13.9 Å². The molecule has 22 heavy (non-hydrogen) atoms. The third-order valence-corrected chi connectivity index (χ3v) is 3.36. The highest BCUT2D eigenvalue weighted by atomic mass is 19.1. The Bertz CT molecular complexity index is 611. The Morgan fingerprint density at radius 3 is 2.55 bits per heavy atom. The van der Waals surface area contributed by atoms with Crippen LogP contribution < -0.4 is 10.1 Å². The lowest BCUT2D eigenvalue weighted by molar-refractivity contribution is -0.121. The molecule has 0 saturated heterocycles. The van der Waals surface area contributed by atoms with E-state index >= 15 is 0 Å². The number of hydrogen-bond acceptors (Lipinski definition) is 2. The lowest BCUT2D eigenvalue weighted by Gasteiger charge is -2.08. The minimum Gasteiger partial charge on any atom is -0.493 e. The second kappa shape index (κ2) is 8.17. The first kappa shape index (κ1) is 16.0. The maximum absolute atomic E-state index is 13.4. The van der Waals surface area contributed by atoms with Crippen LogP contribution in [0.4, 0.5) is 4.39 Å². The molecule has 116 valence electrons. The molecule has 0 aliphatic rings. The number of aryl methyl sites for hydroxylation is 1. The van der Waals surface area contributed by atoms with Crippen molar-refractivity contribution in [3.05, 3.63) is 65.5 Å². The molecule has 0 aliphatic carbocycles. The highest BCUT2D eigenvalue weighted by Crippen LogP contribution is 2.12. The van der Waals surface area contributed by atoms with Gasteiger partial charge in [-0.15, -0.1) is 0 Å². The summed E-state index contributed by atoms with van der Waals surface area (Å²) in [6.07, 6.45) is 1.22. The summed E-state index contributed by atoms with van der Waals surface area (Å²) in [6, 6.07) is 14.2. The summed E-state index contributed by atoms with van der Waals surface area (Å²) >= 11 is 0. The van der Waals surface area contributed by atoms with Crippen molar-refractivity contribution in [2.24, 2.45) is 0 Å². The van der Waals surface area contributed by atoms with Crippen molar-refractivity contribution in [1.82, 2.24) is 5.32 Å². The van der Waals surface area contributed by atoms with E-state index in [-0.39, 0.29) is 24.7 Å². The van der Waals surface area contributed by atoms with E-state index in [4.69, 9.17) is 4.74 Å². The van der Waals surface area contributed by atoms with Crippen LogP contribution in [0.25, 0.3) is 0 Å². The topological polar surface area (TPSA) is 38.3 Å². The average molecular weight is 301 g/mol. The summed E-state index contributed by atoms with van der Waals surface area (Å²) in [4.78, 5) is 11.7. The minimum absolute atomic E-state index is 0.159. The summed E-state index contributed by atoms with van der Waals surface area (Å²) in [7, 11) is 0. The standard InChI is InChI=1S/C18H20FNO2/c1-2-14-7-9-16(10-8-14)22-12-11-18(21)20-13-15-5-3-4-6-17(15)19/h3-10H,2,11-13H2,1H3,(H,20,21). The maximum atomic E-state index is 13.4. The molecule has 0 saturated carbocycles. The molecule has 3 nitrogen and oxygen atoms in total. The van der Waals surface area contributed by atoms with Crippen LogP contribution >= 0.6 is 0 Å². The van der Waals surface area contributed by atoms with Gasteiger partial charge in [0.1, 0.15) is 11.6 Å². The van der Waals surface area contributed by atoms with Gasteiger partial charge in [-0.25, -0.2) is 4.39 Å². The summed E-state index contributed by atoms with van der Waals surface area (Å²) in [5.41, 5.74) is 1.72. The van der Waals surface area contributed by atoms with Gasteiger partial charge in [-0.05, 0) is 30.2 Å². The normalized spacial score (nSPS) is 10.3. The maximum Gasteiger partial charge on any atom is 0.223 e. The van der Waals surface area contributed by atoms with Gasteiger partial charge in [-0.1, -0.05) is 37.3 Å². The number of hydrogen-bond donors (Lipinski definition) is 1. The number of amides is 1. The van der Waals surface area contributed by atoms with Gasteiger partial charge in [0, 0.05) is 12.1 Å². The van der Waals surface area contributed by atoms with E-state index in [9.17, 15) is 9.18 Å².